The molecule has 0 saturated heterocycles. The highest BCUT2D eigenvalue weighted by Crippen LogP contribution is 2.62. The average molecular weight is 393 g/mol. The van der Waals surface area contributed by atoms with E-state index in [0.29, 0.717) is 22.9 Å². The van der Waals surface area contributed by atoms with Crippen LogP contribution in [-0.4, -0.2) is 23.4 Å². The number of carbonyl (C=O) groups is 4. The van der Waals surface area contributed by atoms with Crippen molar-refractivity contribution in [3.8, 4) is 0 Å². The molecule has 7 heteroatoms. The summed E-state index contributed by atoms with van der Waals surface area (Å²) in [4.78, 5) is 49.4. The molecule has 1 aromatic rings. The maximum Gasteiger partial charge on any atom is 0.270 e. The minimum Gasteiger partial charge on any atom is -0.291 e. The predicted molar refractivity (Wildman–Crippen MR) is 88.7 cm³/mol. The van der Waals surface area contributed by atoms with E-state index in [0.717, 1.165) is 0 Å². The van der Waals surface area contributed by atoms with Crippen molar-refractivity contribution in [1.82, 2.24) is 10.9 Å². The quantitative estimate of drug-likeness (QED) is 0.455. The van der Waals surface area contributed by atoms with Crippen LogP contribution in [0.2, 0.25) is 0 Å². The van der Waals surface area contributed by atoms with Gasteiger partial charge in [-0.25, -0.2) is 0 Å². The number of halogens is 1. The van der Waals surface area contributed by atoms with Gasteiger partial charge in [0.15, 0.2) is 0 Å². The second kappa shape index (κ2) is 5.51. The van der Waals surface area contributed by atoms with Gasteiger partial charge in [-0.1, -0.05) is 26.0 Å². The summed E-state index contributed by atoms with van der Waals surface area (Å²) < 4.78 is 0.586. The van der Waals surface area contributed by atoms with E-state index < -0.39 is 40.1 Å². The first-order chi connectivity index (χ1) is 11.2. The topological polar surface area (TPSA) is 92.3 Å². The third-order valence-corrected chi connectivity index (χ3v) is 6.19. The van der Waals surface area contributed by atoms with E-state index in [4.69, 9.17) is 0 Å². The van der Waals surface area contributed by atoms with Crippen LogP contribution >= 0.6 is 15.9 Å². The second-order valence-electron chi connectivity index (χ2n) is 6.80. The molecular weight excluding hydrogens is 376 g/mol. The Kier molecular flexibility index (Phi) is 3.86. The lowest BCUT2D eigenvalue weighted by Crippen LogP contribution is -2.55. The maximum absolute atomic E-state index is 12.7. The van der Waals surface area contributed by atoms with Gasteiger partial charge in [-0.2, -0.15) is 0 Å². The van der Waals surface area contributed by atoms with Crippen molar-refractivity contribution in [2.45, 2.75) is 26.7 Å². The van der Waals surface area contributed by atoms with E-state index in [1.165, 1.54) is 0 Å². The van der Waals surface area contributed by atoms with E-state index in [-0.39, 0.29) is 0 Å². The van der Waals surface area contributed by atoms with Crippen LogP contribution in [0.3, 0.4) is 0 Å². The molecule has 2 unspecified atom stereocenters. The summed E-state index contributed by atoms with van der Waals surface area (Å²) >= 11 is 3.26. The van der Waals surface area contributed by atoms with Crippen molar-refractivity contribution in [3.63, 3.8) is 0 Å². The van der Waals surface area contributed by atoms with Gasteiger partial charge in [-0.3, -0.25) is 30.0 Å². The summed E-state index contributed by atoms with van der Waals surface area (Å²) in [5, 5.41) is 0. The van der Waals surface area contributed by atoms with Gasteiger partial charge in [-0.05, 0) is 46.3 Å². The van der Waals surface area contributed by atoms with Gasteiger partial charge in [0.05, 0.1) is 5.56 Å². The molecule has 0 spiro atoms. The highest BCUT2D eigenvalue weighted by Gasteiger charge is 2.72. The number of Topliss-reactive ketones (excluding diaryl/α,β-unsaturated/α-hetero) is 2. The first kappa shape index (κ1) is 16.8. The number of amides is 2. The number of benzene rings is 1. The van der Waals surface area contributed by atoms with Crippen LogP contribution in [0.15, 0.2) is 28.7 Å². The van der Waals surface area contributed by atoms with Gasteiger partial charge in [0.2, 0.25) is 11.6 Å². The molecule has 1 aromatic carbocycles. The van der Waals surface area contributed by atoms with Crippen LogP contribution in [0.5, 0.6) is 0 Å². The zero-order valence-corrected chi connectivity index (χ0v) is 14.9. The molecule has 0 radical (unpaired) electrons. The van der Waals surface area contributed by atoms with Crippen molar-refractivity contribution in [2.75, 3.05) is 0 Å². The third kappa shape index (κ3) is 2.07. The molecule has 0 aliphatic heterocycles. The van der Waals surface area contributed by atoms with Crippen molar-refractivity contribution < 1.29 is 19.2 Å². The van der Waals surface area contributed by atoms with Crippen LogP contribution in [0.4, 0.5) is 0 Å². The van der Waals surface area contributed by atoms with Crippen LogP contribution in [-0.2, 0) is 14.4 Å². The molecule has 2 atom stereocenters. The lowest BCUT2D eigenvalue weighted by Gasteiger charge is -2.33. The molecule has 2 N–H and O–H groups in total. The number of fused-ring (bicyclic) bond motifs is 2. The summed E-state index contributed by atoms with van der Waals surface area (Å²) in [6, 6.07) is 6.77. The summed E-state index contributed by atoms with van der Waals surface area (Å²) in [6.45, 7) is 3.53. The molecule has 2 bridgehead atoms. The molecule has 0 aromatic heterocycles. The summed E-state index contributed by atoms with van der Waals surface area (Å²) in [5.74, 6) is -2.66. The highest BCUT2D eigenvalue weighted by molar-refractivity contribution is 9.10. The number of rotatable bonds is 2. The number of nitrogens with one attached hydrogen (secondary N) is 2. The monoisotopic (exact) mass is 392 g/mol. The molecule has 2 saturated carbocycles. The highest BCUT2D eigenvalue weighted by atomic mass is 79.9. The minimum atomic E-state index is -1.39. The molecule has 126 valence electrons. The Hall–Kier alpha value is -2.02. The van der Waals surface area contributed by atoms with Crippen molar-refractivity contribution in [3.05, 3.63) is 34.3 Å². The fourth-order valence-electron chi connectivity index (χ4n) is 4.02. The standard InChI is InChI=1S/C17H17BrN2O4/c1-16(2)10-7-8-17(16,13(22)12(10)21)15(24)20-19-14(23)9-5-3-4-6-11(9)18/h3-6,10H,7-8H2,1-2H3,(H,19,23)(H,20,24). The molecule has 0 heterocycles. The number of hydrogen-bond donors (Lipinski definition) is 2. The maximum atomic E-state index is 12.7. The zero-order chi connectivity index (χ0) is 17.7. The SMILES string of the molecule is CC1(C)C2CCC1(C(=O)NNC(=O)c1ccccc1Br)C(=O)C2=O. The van der Waals surface area contributed by atoms with Crippen LogP contribution in [0.1, 0.15) is 37.0 Å². The van der Waals surface area contributed by atoms with E-state index >= 15 is 0 Å². The van der Waals surface area contributed by atoms with Gasteiger partial charge in [0.25, 0.3) is 11.8 Å². The Labute approximate surface area is 147 Å². The molecule has 2 aliphatic rings. The Bertz CT molecular complexity index is 774. The van der Waals surface area contributed by atoms with Gasteiger partial charge in [0, 0.05) is 10.4 Å². The Morgan fingerprint density at radius 2 is 1.83 bits per heavy atom. The van der Waals surface area contributed by atoms with E-state index in [9.17, 15) is 19.2 Å². The Balaban J connectivity index is 1.78. The summed E-state index contributed by atoms with van der Waals surface area (Å²) in [6.07, 6.45) is 0.842. The first-order valence-electron chi connectivity index (χ1n) is 7.67. The van der Waals surface area contributed by atoms with Crippen molar-refractivity contribution in [2.24, 2.45) is 16.7 Å². The number of ketones is 2. The van der Waals surface area contributed by atoms with Crippen molar-refractivity contribution >= 4 is 39.3 Å². The van der Waals surface area contributed by atoms with E-state index in [2.05, 4.69) is 26.8 Å². The van der Waals surface area contributed by atoms with Gasteiger partial charge >= 0.3 is 0 Å². The van der Waals surface area contributed by atoms with Crippen molar-refractivity contribution in [1.29, 1.82) is 0 Å². The van der Waals surface area contributed by atoms with Crippen LogP contribution in [0, 0.1) is 16.7 Å². The normalized spacial score (nSPS) is 27.2. The zero-order valence-electron chi connectivity index (χ0n) is 13.3. The fraction of sp³-hybridized carbons (Fsp3) is 0.412. The molecule has 6 nitrogen and oxygen atoms in total. The Morgan fingerprint density at radius 1 is 1.17 bits per heavy atom. The summed E-state index contributed by atoms with van der Waals surface area (Å²) in [5.41, 5.74) is 2.89. The summed E-state index contributed by atoms with van der Waals surface area (Å²) in [7, 11) is 0. The molecule has 2 fully saturated rings. The molecule has 2 amide bonds. The average Bonchev–Trinajstić information content (AvgIpc) is 2.89. The Morgan fingerprint density at radius 3 is 2.42 bits per heavy atom. The predicted octanol–water partition coefficient (Wildman–Crippen LogP) is 1.78. The minimum absolute atomic E-state index is 0.325. The second-order valence-corrected chi connectivity index (χ2v) is 7.65. The first-order valence-corrected chi connectivity index (χ1v) is 8.46. The molecule has 3 rings (SSSR count). The number of hydrogen-bond acceptors (Lipinski definition) is 4. The van der Waals surface area contributed by atoms with E-state index in [1.54, 1.807) is 38.1 Å². The fourth-order valence-corrected chi connectivity index (χ4v) is 4.48. The van der Waals surface area contributed by atoms with Gasteiger partial charge < -0.3 is 0 Å². The van der Waals surface area contributed by atoms with Crippen LogP contribution < -0.4 is 10.9 Å². The third-order valence-electron chi connectivity index (χ3n) is 5.50. The van der Waals surface area contributed by atoms with Gasteiger partial charge in [0.1, 0.15) is 5.41 Å². The van der Waals surface area contributed by atoms with E-state index in [1.807, 2.05) is 0 Å². The van der Waals surface area contributed by atoms with Gasteiger partial charge in [-0.15, -0.1) is 0 Å². The largest absolute Gasteiger partial charge is 0.291 e. The molecule has 24 heavy (non-hydrogen) atoms. The lowest BCUT2D eigenvalue weighted by molar-refractivity contribution is -0.149. The van der Waals surface area contributed by atoms with Crippen LogP contribution in [0.25, 0.3) is 0 Å². The molecular formula is C17H17BrN2O4. The number of carbonyl (C=O) groups excluding carboxylic acids is 4. The smallest absolute Gasteiger partial charge is 0.270 e. The molecule has 2 aliphatic carbocycles. The number of hydrazine groups is 1. The lowest BCUT2D eigenvalue weighted by atomic mass is 9.68.